The van der Waals surface area contributed by atoms with Crippen LogP contribution in [-0.4, -0.2) is 19.5 Å². The molecule has 2 nitrogen and oxygen atoms in total. The predicted octanol–water partition coefficient (Wildman–Crippen LogP) is 2.94. The predicted molar refractivity (Wildman–Crippen MR) is 59.2 cm³/mol. The van der Waals surface area contributed by atoms with Gasteiger partial charge in [0.2, 0.25) is 0 Å². The van der Waals surface area contributed by atoms with Gasteiger partial charge in [0.05, 0.1) is 6.61 Å². The fourth-order valence-electron chi connectivity index (χ4n) is 2.03. The molecule has 0 radical (unpaired) electrons. The first kappa shape index (κ1) is 11.3. The summed E-state index contributed by atoms with van der Waals surface area (Å²) in [5, 5.41) is 0. The van der Waals surface area contributed by atoms with Crippen LogP contribution >= 0.6 is 0 Å². The quantitative estimate of drug-likeness (QED) is 0.735. The molecule has 1 saturated heterocycles. The van der Waals surface area contributed by atoms with E-state index in [1.54, 1.807) is 24.3 Å². The Morgan fingerprint density at radius 3 is 2.69 bits per heavy atom. The average Bonchev–Trinajstić information content (AvgIpc) is 2.39. The van der Waals surface area contributed by atoms with E-state index in [1.807, 2.05) is 0 Å². The number of carbonyl (C=O) groups is 1. The molecule has 0 spiro atoms. The van der Waals surface area contributed by atoms with E-state index in [4.69, 9.17) is 4.74 Å². The summed E-state index contributed by atoms with van der Waals surface area (Å²) in [5.74, 6) is -0.0455. The third kappa shape index (κ3) is 2.47. The number of halogens is 1. The Bertz CT molecular complexity index is 341. The van der Waals surface area contributed by atoms with Gasteiger partial charge >= 0.3 is 0 Å². The van der Waals surface area contributed by atoms with Crippen LogP contribution in [0.5, 0.6) is 0 Å². The molecule has 2 rings (SSSR count). The lowest BCUT2D eigenvalue weighted by molar-refractivity contribution is 0.0197. The molecule has 0 bridgehead atoms. The summed E-state index contributed by atoms with van der Waals surface area (Å²) in [7, 11) is 0. The van der Waals surface area contributed by atoms with E-state index in [1.165, 1.54) is 0 Å². The number of carbonyl (C=O) groups excluding carboxylic acids is 1. The highest BCUT2D eigenvalue weighted by atomic mass is 19.1. The van der Waals surface area contributed by atoms with E-state index in [0.717, 1.165) is 25.7 Å². The SMILES string of the molecule is O=Cc1ccc(C(F)C2CCCOC2)cc1. The van der Waals surface area contributed by atoms with Crippen LogP contribution < -0.4 is 0 Å². The molecule has 1 aromatic carbocycles. The smallest absolute Gasteiger partial charge is 0.150 e. The number of aldehydes is 1. The summed E-state index contributed by atoms with van der Waals surface area (Å²) in [5.41, 5.74) is 1.22. The summed E-state index contributed by atoms with van der Waals surface area (Å²) in [6, 6.07) is 6.67. The molecular formula is C13H15FO2. The molecule has 1 aliphatic rings. The molecule has 1 aromatic rings. The van der Waals surface area contributed by atoms with Crippen molar-refractivity contribution in [3.63, 3.8) is 0 Å². The van der Waals surface area contributed by atoms with Gasteiger partial charge in [0.1, 0.15) is 12.5 Å². The van der Waals surface area contributed by atoms with Crippen molar-refractivity contribution in [2.45, 2.75) is 19.0 Å². The Morgan fingerprint density at radius 1 is 1.38 bits per heavy atom. The van der Waals surface area contributed by atoms with Crippen LogP contribution in [0.1, 0.15) is 34.9 Å². The minimum absolute atomic E-state index is 0.0455. The molecule has 0 N–H and O–H groups in total. The van der Waals surface area contributed by atoms with Crippen molar-refractivity contribution in [3.8, 4) is 0 Å². The van der Waals surface area contributed by atoms with Crippen molar-refractivity contribution in [1.29, 1.82) is 0 Å². The highest BCUT2D eigenvalue weighted by molar-refractivity contribution is 5.74. The third-order valence-electron chi connectivity index (χ3n) is 3.00. The van der Waals surface area contributed by atoms with Gasteiger partial charge in [-0.25, -0.2) is 4.39 Å². The zero-order valence-corrected chi connectivity index (χ0v) is 9.06. The third-order valence-corrected chi connectivity index (χ3v) is 3.00. The second-order valence-electron chi connectivity index (χ2n) is 4.16. The van der Waals surface area contributed by atoms with Crippen LogP contribution in [0.2, 0.25) is 0 Å². The van der Waals surface area contributed by atoms with Gasteiger partial charge in [0, 0.05) is 18.1 Å². The zero-order chi connectivity index (χ0) is 11.4. The first-order valence-electron chi connectivity index (χ1n) is 5.58. The second-order valence-corrected chi connectivity index (χ2v) is 4.16. The summed E-state index contributed by atoms with van der Waals surface area (Å²) >= 11 is 0. The van der Waals surface area contributed by atoms with Crippen LogP contribution in [-0.2, 0) is 4.74 Å². The number of hydrogen-bond donors (Lipinski definition) is 0. The van der Waals surface area contributed by atoms with E-state index in [9.17, 15) is 9.18 Å². The van der Waals surface area contributed by atoms with Gasteiger partial charge in [-0.2, -0.15) is 0 Å². The van der Waals surface area contributed by atoms with E-state index >= 15 is 0 Å². The molecule has 0 saturated carbocycles. The van der Waals surface area contributed by atoms with Gasteiger partial charge < -0.3 is 4.74 Å². The van der Waals surface area contributed by atoms with E-state index in [0.29, 0.717) is 17.7 Å². The Kier molecular flexibility index (Phi) is 3.67. The van der Waals surface area contributed by atoms with Crippen molar-refractivity contribution in [2.75, 3.05) is 13.2 Å². The van der Waals surface area contributed by atoms with Gasteiger partial charge in [-0.15, -0.1) is 0 Å². The van der Waals surface area contributed by atoms with Crippen LogP contribution in [0.25, 0.3) is 0 Å². The van der Waals surface area contributed by atoms with Crippen molar-refractivity contribution in [2.24, 2.45) is 5.92 Å². The normalized spacial score (nSPS) is 22.7. The number of rotatable bonds is 3. The first-order chi connectivity index (χ1) is 7.81. The highest BCUT2D eigenvalue weighted by Crippen LogP contribution is 2.31. The molecule has 1 heterocycles. The maximum Gasteiger partial charge on any atom is 0.150 e. The number of hydrogen-bond acceptors (Lipinski definition) is 2. The van der Waals surface area contributed by atoms with E-state index < -0.39 is 6.17 Å². The largest absolute Gasteiger partial charge is 0.381 e. The lowest BCUT2D eigenvalue weighted by Crippen LogP contribution is -2.21. The number of benzene rings is 1. The van der Waals surface area contributed by atoms with Gasteiger partial charge in [-0.3, -0.25) is 4.79 Å². The molecule has 1 aliphatic heterocycles. The summed E-state index contributed by atoms with van der Waals surface area (Å²) in [6.07, 6.45) is 1.58. The van der Waals surface area contributed by atoms with Crippen molar-refractivity contribution in [1.82, 2.24) is 0 Å². The molecule has 86 valence electrons. The minimum atomic E-state index is -0.985. The topological polar surface area (TPSA) is 26.3 Å². The summed E-state index contributed by atoms with van der Waals surface area (Å²) < 4.78 is 19.4. The van der Waals surface area contributed by atoms with Crippen molar-refractivity contribution < 1.29 is 13.9 Å². The number of ether oxygens (including phenoxy) is 1. The average molecular weight is 222 g/mol. The highest BCUT2D eigenvalue weighted by Gasteiger charge is 2.25. The van der Waals surface area contributed by atoms with Gasteiger partial charge in [-0.05, 0) is 18.4 Å². The number of alkyl halides is 1. The molecule has 2 unspecified atom stereocenters. The van der Waals surface area contributed by atoms with Crippen molar-refractivity contribution >= 4 is 6.29 Å². The lowest BCUT2D eigenvalue weighted by Gasteiger charge is -2.25. The molecular weight excluding hydrogens is 207 g/mol. The zero-order valence-electron chi connectivity index (χ0n) is 9.06. The molecule has 0 aliphatic carbocycles. The van der Waals surface area contributed by atoms with Crippen LogP contribution in [0.4, 0.5) is 4.39 Å². The Balaban J connectivity index is 2.06. The Hall–Kier alpha value is -1.22. The molecule has 0 amide bonds. The van der Waals surface area contributed by atoms with Gasteiger partial charge in [0.25, 0.3) is 0 Å². The molecule has 2 atom stereocenters. The molecule has 16 heavy (non-hydrogen) atoms. The first-order valence-corrected chi connectivity index (χ1v) is 5.58. The van der Waals surface area contributed by atoms with Gasteiger partial charge in [0.15, 0.2) is 0 Å². The maximum atomic E-state index is 14.1. The van der Waals surface area contributed by atoms with E-state index in [-0.39, 0.29) is 5.92 Å². The van der Waals surface area contributed by atoms with E-state index in [2.05, 4.69) is 0 Å². The monoisotopic (exact) mass is 222 g/mol. The Labute approximate surface area is 94.4 Å². The van der Waals surface area contributed by atoms with Crippen molar-refractivity contribution in [3.05, 3.63) is 35.4 Å². The summed E-state index contributed by atoms with van der Waals surface area (Å²) in [6.45, 7) is 1.24. The fourth-order valence-corrected chi connectivity index (χ4v) is 2.03. The summed E-state index contributed by atoms with van der Waals surface area (Å²) in [4.78, 5) is 10.5. The van der Waals surface area contributed by atoms with Crippen LogP contribution in [0, 0.1) is 5.92 Å². The maximum absolute atomic E-state index is 14.1. The minimum Gasteiger partial charge on any atom is -0.381 e. The fraction of sp³-hybridized carbons (Fsp3) is 0.462. The second kappa shape index (κ2) is 5.21. The van der Waals surface area contributed by atoms with Gasteiger partial charge in [-0.1, -0.05) is 24.3 Å². The Morgan fingerprint density at radius 2 is 2.12 bits per heavy atom. The van der Waals surface area contributed by atoms with Crippen LogP contribution in [0.15, 0.2) is 24.3 Å². The standard InChI is InChI=1S/C13H15FO2/c14-13(12-2-1-7-16-9-12)11-5-3-10(8-15)4-6-11/h3-6,8,12-13H,1-2,7,9H2. The molecule has 0 aromatic heterocycles. The lowest BCUT2D eigenvalue weighted by atomic mass is 9.92. The van der Waals surface area contributed by atoms with Crippen LogP contribution in [0.3, 0.4) is 0 Å². The molecule has 3 heteroatoms. The molecule has 1 fully saturated rings.